The Morgan fingerprint density at radius 1 is 1.33 bits per heavy atom. The predicted octanol–water partition coefficient (Wildman–Crippen LogP) is 2.69. The number of nitriles is 1. The third-order valence-corrected chi connectivity index (χ3v) is 2.82. The van der Waals surface area contributed by atoms with Crippen LogP contribution in [0.2, 0.25) is 0 Å². The van der Waals surface area contributed by atoms with Gasteiger partial charge < -0.3 is 10.6 Å². The van der Waals surface area contributed by atoms with E-state index in [-0.39, 0.29) is 11.3 Å². The molecule has 0 spiro atoms. The molecular formula is C15H13FN4O. The Bertz CT molecular complexity index is 737. The average molecular weight is 284 g/mol. The molecule has 0 aliphatic heterocycles. The van der Waals surface area contributed by atoms with E-state index < -0.39 is 11.7 Å². The predicted molar refractivity (Wildman–Crippen MR) is 77.6 cm³/mol. The lowest BCUT2D eigenvalue weighted by Crippen LogP contribution is -2.14. The second kappa shape index (κ2) is 6.01. The van der Waals surface area contributed by atoms with E-state index in [0.29, 0.717) is 17.1 Å². The van der Waals surface area contributed by atoms with E-state index in [1.54, 1.807) is 26.1 Å². The third kappa shape index (κ3) is 3.34. The summed E-state index contributed by atoms with van der Waals surface area (Å²) in [5.74, 6) is -0.539. The Hall–Kier alpha value is -2.94. The van der Waals surface area contributed by atoms with Crippen molar-refractivity contribution in [3.05, 3.63) is 53.0 Å². The van der Waals surface area contributed by atoms with Gasteiger partial charge >= 0.3 is 0 Å². The molecule has 5 nitrogen and oxygen atoms in total. The van der Waals surface area contributed by atoms with Crippen LogP contribution in [-0.4, -0.2) is 17.9 Å². The molecule has 2 rings (SSSR count). The SMILES string of the molecule is CNc1cc(C(=O)Nc2ccc(C#N)cc2F)cc(C)n1. The summed E-state index contributed by atoms with van der Waals surface area (Å²) >= 11 is 0. The number of anilines is 2. The molecule has 6 heteroatoms. The van der Waals surface area contributed by atoms with Crippen molar-refractivity contribution in [2.75, 3.05) is 17.7 Å². The largest absolute Gasteiger partial charge is 0.373 e. The minimum atomic E-state index is -0.651. The molecular weight excluding hydrogens is 271 g/mol. The standard InChI is InChI=1S/C15H13FN4O/c1-9-5-11(7-14(18-2)19-9)15(21)20-13-4-3-10(8-17)6-12(13)16/h3-7H,1-2H3,(H,18,19)(H,20,21). The molecule has 2 aromatic rings. The van der Waals surface area contributed by atoms with Crippen molar-refractivity contribution in [2.45, 2.75) is 6.92 Å². The summed E-state index contributed by atoms with van der Waals surface area (Å²) in [6, 6.07) is 8.89. The molecule has 106 valence electrons. The van der Waals surface area contributed by atoms with E-state index in [9.17, 15) is 9.18 Å². The number of benzene rings is 1. The Morgan fingerprint density at radius 3 is 2.71 bits per heavy atom. The lowest BCUT2D eigenvalue weighted by Gasteiger charge is -2.08. The summed E-state index contributed by atoms with van der Waals surface area (Å²) in [6.07, 6.45) is 0. The van der Waals surface area contributed by atoms with E-state index in [1.807, 2.05) is 6.07 Å². The summed E-state index contributed by atoms with van der Waals surface area (Å²) in [4.78, 5) is 16.3. The van der Waals surface area contributed by atoms with Gasteiger partial charge in [0.1, 0.15) is 11.6 Å². The zero-order valence-corrected chi connectivity index (χ0v) is 11.6. The number of carbonyl (C=O) groups excluding carboxylic acids is 1. The number of pyridine rings is 1. The third-order valence-electron chi connectivity index (χ3n) is 2.82. The molecule has 21 heavy (non-hydrogen) atoms. The number of aryl methyl sites for hydroxylation is 1. The maximum atomic E-state index is 13.7. The molecule has 0 saturated carbocycles. The first-order chi connectivity index (χ1) is 10.0. The second-order valence-electron chi connectivity index (χ2n) is 4.39. The monoisotopic (exact) mass is 284 g/mol. The van der Waals surface area contributed by atoms with Gasteiger partial charge in [0.05, 0.1) is 17.3 Å². The molecule has 0 aliphatic rings. The fourth-order valence-electron chi connectivity index (χ4n) is 1.81. The van der Waals surface area contributed by atoms with Crippen LogP contribution in [0, 0.1) is 24.1 Å². The minimum Gasteiger partial charge on any atom is -0.373 e. The van der Waals surface area contributed by atoms with Gasteiger partial charge in [-0.15, -0.1) is 0 Å². The van der Waals surface area contributed by atoms with Crippen LogP contribution >= 0.6 is 0 Å². The fraction of sp³-hybridized carbons (Fsp3) is 0.133. The maximum Gasteiger partial charge on any atom is 0.255 e. The topological polar surface area (TPSA) is 77.8 Å². The van der Waals surface area contributed by atoms with Crippen molar-refractivity contribution in [1.29, 1.82) is 5.26 Å². The molecule has 1 aromatic carbocycles. The Morgan fingerprint density at radius 2 is 2.10 bits per heavy atom. The number of nitrogens with one attached hydrogen (secondary N) is 2. The van der Waals surface area contributed by atoms with E-state index >= 15 is 0 Å². The highest BCUT2D eigenvalue weighted by molar-refractivity contribution is 6.04. The van der Waals surface area contributed by atoms with Crippen LogP contribution in [0.5, 0.6) is 0 Å². The highest BCUT2D eigenvalue weighted by Crippen LogP contribution is 2.17. The van der Waals surface area contributed by atoms with Crippen molar-refractivity contribution in [3.63, 3.8) is 0 Å². The van der Waals surface area contributed by atoms with E-state index in [4.69, 9.17) is 5.26 Å². The fourth-order valence-corrected chi connectivity index (χ4v) is 1.81. The molecule has 1 aromatic heterocycles. The van der Waals surface area contributed by atoms with Gasteiger partial charge in [-0.2, -0.15) is 5.26 Å². The zero-order chi connectivity index (χ0) is 15.4. The average Bonchev–Trinajstić information content (AvgIpc) is 2.48. The van der Waals surface area contributed by atoms with Crippen LogP contribution in [0.1, 0.15) is 21.6 Å². The molecule has 0 fully saturated rings. The second-order valence-corrected chi connectivity index (χ2v) is 4.39. The first-order valence-corrected chi connectivity index (χ1v) is 6.21. The first kappa shape index (κ1) is 14.5. The van der Waals surface area contributed by atoms with Gasteiger partial charge in [0, 0.05) is 18.3 Å². The lowest BCUT2D eigenvalue weighted by molar-refractivity contribution is 0.102. The molecule has 0 unspecified atom stereocenters. The van der Waals surface area contributed by atoms with Crippen LogP contribution in [-0.2, 0) is 0 Å². The van der Waals surface area contributed by atoms with Gasteiger partial charge in [-0.1, -0.05) is 0 Å². The van der Waals surface area contributed by atoms with Crippen molar-refractivity contribution >= 4 is 17.4 Å². The van der Waals surface area contributed by atoms with E-state index in [2.05, 4.69) is 15.6 Å². The summed E-state index contributed by atoms with van der Waals surface area (Å²) in [5.41, 5.74) is 1.27. The summed E-state index contributed by atoms with van der Waals surface area (Å²) in [5, 5.41) is 14.0. The number of hydrogen-bond acceptors (Lipinski definition) is 4. The van der Waals surface area contributed by atoms with Gasteiger partial charge in [-0.25, -0.2) is 9.37 Å². The van der Waals surface area contributed by atoms with Crippen LogP contribution in [0.25, 0.3) is 0 Å². The summed E-state index contributed by atoms with van der Waals surface area (Å²) in [6.45, 7) is 1.76. The van der Waals surface area contributed by atoms with Crippen LogP contribution < -0.4 is 10.6 Å². The number of nitrogens with zero attached hydrogens (tertiary/aromatic N) is 2. The number of aromatic nitrogens is 1. The number of carbonyl (C=O) groups is 1. The molecule has 2 N–H and O–H groups in total. The number of amides is 1. The van der Waals surface area contributed by atoms with Crippen molar-refractivity contribution in [1.82, 2.24) is 4.98 Å². The zero-order valence-electron chi connectivity index (χ0n) is 11.6. The van der Waals surface area contributed by atoms with Crippen LogP contribution in [0.3, 0.4) is 0 Å². The Kier molecular flexibility index (Phi) is 4.14. The van der Waals surface area contributed by atoms with E-state index in [1.165, 1.54) is 12.1 Å². The van der Waals surface area contributed by atoms with Gasteiger partial charge in [0.25, 0.3) is 5.91 Å². The molecule has 0 saturated heterocycles. The van der Waals surface area contributed by atoms with Gasteiger partial charge in [-0.3, -0.25) is 4.79 Å². The number of halogens is 1. The molecule has 1 heterocycles. The molecule has 0 aliphatic carbocycles. The quantitative estimate of drug-likeness (QED) is 0.908. The van der Waals surface area contributed by atoms with Gasteiger partial charge in [0.15, 0.2) is 0 Å². The smallest absolute Gasteiger partial charge is 0.255 e. The minimum absolute atomic E-state index is 0.0273. The normalized spacial score (nSPS) is 9.81. The number of rotatable bonds is 3. The Labute approximate surface area is 121 Å². The van der Waals surface area contributed by atoms with Crippen molar-refractivity contribution in [2.24, 2.45) is 0 Å². The summed E-state index contributed by atoms with van der Waals surface area (Å²) in [7, 11) is 1.70. The van der Waals surface area contributed by atoms with Gasteiger partial charge in [-0.05, 0) is 37.3 Å². The van der Waals surface area contributed by atoms with Crippen molar-refractivity contribution in [3.8, 4) is 6.07 Å². The molecule has 0 bridgehead atoms. The first-order valence-electron chi connectivity index (χ1n) is 6.21. The summed E-state index contributed by atoms with van der Waals surface area (Å²) < 4.78 is 13.7. The van der Waals surface area contributed by atoms with E-state index in [0.717, 1.165) is 6.07 Å². The maximum absolute atomic E-state index is 13.7. The number of hydrogen-bond donors (Lipinski definition) is 2. The van der Waals surface area contributed by atoms with Crippen LogP contribution in [0.15, 0.2) is 30.3 Å². The Balaban J connectivity index is 2.26. The highest BCUT2D eigenvalue weighted by atomic mass is 19.1. The van der Waals surface area contributed by atoms with Crippen molar-refractivity contribution < 1.29 is 9.18 Å². The molecule has 0 atom stereocenters. The highest BCUT2D eigenvalue weighted by Gasteiger charge is 2.11. The van der Waals surface area contributed by atoms with Crippen LogP contribution in [0.4, 0.5) is 15.9 Å². The molecule has 0 radical (unpaired) electrons. The van der Waals surface area contributed by atoms with Gasteiger partial charge in [0.2, 0.25) is 0 Å². The molecule has 1 amide bonds. The lowest BCUT2D eigenvalue weighted by atomic mass is 10.2.